The molecule has 2 saturated heterocycles. The second-order valence-electron chi connectivity index (χ2n) is 6.17. The molecule has 2 aliphatic rings. The summed E-state index contributed by atoms with van der Waals surface area (Å²) in [6, 6.07) is 0.409. The first-order valence-corrected chi connectivity index (χ1v) is 6.77. The van der Waals surface area contributed by atoms with Crippen molar-refractivity contribution in [1.82, 2.24) is 14.7 Å². The number of carboxylic acids is 1. The zero-order valence-electron chi connectivity index (χ0n) is 11.9. The van der Waals surface area contributed by atoms with E-state index in [0.29, 0.717) is 25.6 Å². The maximum atomic E-state index is 12.4. The zero-order valence-corrected chi connectivity index (χ0v) is 11.9. The van der Waals surface area contributed by atoms with Gasteiger partial charge in [0.05, 0.1) is 5.41 Å². The van der Waals surface area contributed by atoms with Gasteiger partial charge in [0.15, 0.2) is 0 Å². The molecular weight excluding hydrogens is 246 g/mol. The Bertz CT molecular complexity index is 385. The van der Waals surface area contributed by atoms with Crippen LogP contribution in [0.1, 0.15) is 19.8 Å². The third-order valence-corrected chi connectivity index (χ3v) is 4.42. The third kappa shape index (κ3) is 2.68. The second kappa shape index (κ2) is 5.00. The topological polar surface area (TPSA) is 64.1 Å². The standard InChI is InChI=1S/C13H23N3O3/c1-13(11(17)18)5-7-16(9-13)12(19)15-6-4-10(8-15)14(2)3/h10H,4-9H2,1-3H3,(H,17,18). The number of likely N-dealkylation sites (N-methyl/N-ethyl adjacent to an activating group) is 1. The Morgan fingerprint density at radius 1 is 1.26 bits per heavy atom. The van der Waals surface area contributed by atoms with Crippen molar-refractivity contribution in [3.63, 3.8) is 0 Å². The number of hydrogen-bond donors (Lipinski definition) is 1. The quantitative estimate of drug-likeness (QED) is 0.794. The van der Waals surface area contributed by atoms with E-state index in [-0.39, 0.29) is 6.03 Å². The van der Waals surface area contributed by atoms with E-state index in [1.165, 1.54) is 0 Å². The summed E-state index contributed by atoms with van der Waals surface area (Å²) in [5, 5.41) is 9.19. The molecular formula is C13H23N3O3. The Kier molecular flexibility index (Phi) is 3.71. The maximum Gasteiger partial charge on any atom is 0.320 e. The van der Waals surface area contributed by atoms with Gasteiger partial charge in [0, 0.05) is 32.2 Å². The highest BCUT2D eigenvalue weighted by Crippen LogP contribution is 2.31. The molecule has 0 bridgehead atoms. The Morgan fingerprint density at radius 2 is 1.95 bits per heavy atom. The van der Waals surface area contributed by atoms with Crippen molar-refractivity contribution in [3.05, 3.63) is 0 Å². The number of urea groups is 1. The van der Waals surface area contributed by atoms with Crippen molar-refractivity contribution in [2.75, 3.05) is 40.3 Å². The molecule has 2 aliphatic heterocycles. The van der Waals surface area contributed by atoms with Gasteiger partial charge in [0.25, 0.3) is 0 Å². The number of rotatable bonds is 2. The van der Waals surface area contributed by atoms with Gasteiger partial charge in [-0.05, 0) is 33.9 Å². The summed E-state index contributed by atoms with van der Waals surface area (Å²) in [7, 11) is 4.05. The molecule has 2 heterocycles. The summed E-state index contributed by atoms with van der Waals surface area (Å²) < 4.78 is 0. The van der Waals surface area contributed by atoms with Crippen LogP contribution < -0.4 is 0 Å². The minimum Gasteiger partial charge on any atom is -0.481 e. The predicted molar refractivity (Wildman–Crippen MR) is 71.0 cm³/mol. The van der Waals surface area contributed by atoms with E-state index in [4.69, 9.17) is 0 Å². The predicted octanol–water partition coefficient (Wildman–Crippen LogP) is 0.539. The molecule has 2 unspecified atom stereocenters. The molecule has 0 aromatic carbocycles. The number of carbonyl (C=O) groups is 2. The Balaban J connectivity index is 1.94. The van der Waals surface area contributed by atoms with Crippen LogP contribution >= 0.6 is 0 Å². The fourth-order valence-corrected chi connectivity index (χ4v) is 2.84. The number of amides is 2. The van der Waals surface area contributed by atoms with Crippen molar-refractivity contribution in [3.8, 4) is 0 Å². The number of carboxylic acid groups (broad SMARTS) is 1. The Morgan fingerprint density at radius 3 is 2.42 bits per heavy atom. The lowest BCUT2D eigenvalue weighted by atomic mass is 9.90. The van der Waals surface area contributed by atoms with Crippen LogP contribution in [0.25, 0.3) is 0 Å². The third-order valence-electron chi connectivity index (χ3n) is 4.42. The lowest BCUT2D eigenvalue weighted by molar-refractivity contribution is -0.147. The molecule has 0 aromatic rings. The van der Waals surface area contributed by atoms with Crippen molar-refractivity contribution < 1.29 is 14.7 Å². The molecule has 0 aliphatic carbocycles. The molecule has 1 N–H and O–H groups in total. The van der Waals surface area contributed by atoms with Crippen molar-refractivity contribution >= 4 is 12.0 Å². The molecule has 6 nitrogen and oxygen atoms in total. The van der Waals surface area contributed by atoms with Crippen LogP contribution in [-0.4, -0.2) is 78.1 Å². The van der Waals surface area contributed by atoms with Crippen LogP contribution in [0.2, 0.25) is 0 Å². The lowest BCUT2D eigenvalue weighted by Gasteiger charge is -2.26. The van der Waals surface area contributed by atoms with Crippen molar-refractivity contribution in [2.45, 2.75) is 25.8 Å². The van der Waals surface area contributed by atoms with E-state index < -0.39 is 11.4 Å². The summed E-state index contributed by atoms with van der Waals surface area (Å²) in [4.78, 5) is 29.2. The van der Waals surface area contributed by atoms with Gasteiger partial charge in [0.1, 0.15) is 0 Å². The van der Waals surface area contributed by atoms with E-state index in [1.54, 1.807) is 11.8 Å². The first kappa shape index (κ1) is 14.1. The highest BCUT2D eigenvalue weighted by Gasteiger charge is 2.43. The highest BCUT2D eigenvalue weighted by molar-refractivity contribution is 5.79. The fourth-order valence-electron chi connectivity index (χ4n) is 2.84. The van der Waals surface area contributed by atoms with E-state index in [2.05, 4.69) is 4.90 Å². The smallest absolute Gasteiger partial charge is 0.320 e. The Labute approximate surface area is 114 Å². The van der Waals surface area contributed by atoms with Gasteiger partial charge in [-0.25, -0.2) is 4.79 Å². The van der Waals surface area contributed by atoms with E-state index in [9.17, 15) is 14.7 Å². The normalized spacial score (nSPS) is 31.3. The highest BCUT2D eigenvalue weighted by atomic mass is 16.4. The van der Waals surface area contributed by atoms with Gasteiger partial charge < -0.3 is 19.8 Å². The first-order chi connectivity index (χ1) is 8.83. The van der Waals surface area contributed by atoms with Gasteiger partial charge in [-0.15, -0.1) is 0 Å². The van der Waals surface area contributed by atoms with Crippen LogP contribution in [0, 0.1) is 5.41 Å². The molecule has 0 spiro atoms. The SMILES string of the molecule is CN(C)C1CCN(C(=O)N2CCC(C)(C(=O)O)C2)C1. The minimum absolute atomic E-state index is 0.00525. The van der Waals surface area contributed by atoms with Crippen molar-refractivity contribution in [2.24, 2.45) is 5.41 Å². The van der Waals surface area contributed by atoms with E-state index in [0.717, 1.165) is 19.5 Å². The first-order valence-electron chi connectivity index (χ1n) is 6.77. The monoisotopic (exact) mass is 269 g/mol. The minimum atomic E-state index is -0.810. The van der Waals surface area contributed by atoms with Crippen LogP contribution in [0.3, 0.4) is 0 Å². The maximum absolute atomic E-state index is 12.4. The zero-order chi connectivity index (χ0) is 14.2. The molecule has 19 heavy (non-hydrogen) atoms. The molecule has 2 atom stereocenters. The van der Waals surface area contributed by atoms with E-state index >= 15 is 0 Å². The molecule has 6 heteroatoms. The Hall–Kier alpha value is -1.30. The largest absolute Gasteiger partial charge is 0.481 e. The lowest BCUT2D eigenvalue weighted by Crippen LogP contribution is -2.43. The van der Waals surface area contributed by atoms with Crippen LogP contribution in [0.4, 0.5) is 4.79 Å². The average Bonchev–Trinajstić information content (AvgIpc) is 2.95. The van der Waals surface area contributed by atoms with Crippen molar-refractivity contribution in [1.29, 1.82) is 0 Å². The summed E-state index contributed by atoms with van der Waals surface area (Å²) in [6.07, 6.45) is 1.53. The van der Waals surface area contributed by atoms with Gasteiger partial charge in [-0.2, -0.15) is 0 Å². The summed E-state index contributed by atoms with van der Waals surface area (Å²) in [6.45, 7) is 4.10. The van der Waals surface area contributed by atoms with E-state index in [1.807, 2.05) is 19.0 Å². The van der Waals surface area contributed by atoms with Gasteiger partial charge >= 0.3 is 12.0 Å². The number of nitrogens with zero attached hydrogens (tertiary/aromatic N) is 3. The number of aliphatic carboxylic acids is 1. The molecule has 0 aromatic heterocycles. The number of likely N-dealkylation sites (tertiary alicyclic amines) is 2. The van der Waals surface area contributed by atoms with Crippen LogP contribution in [0.15, 0.2) is 0 Å². The summed E-state index contributed by atoms with van der Waals surface area (Å²) in [5.41, 5.74) is -0.781. The van der Waals surface area contributed by atoms with Gasteiger partial charge in [-0.1, -0.05) is 0 Å². The summed E-state index contributed by atoms with van der Waals surface area (Å²) >= 11 is 0. The number of hydrogen-bond acceptors (Lipinski definition) is 3. The van der Waals surface area contributed by atoms with Gasteiger partial charge in [0.2, 0.25) is 0 Å². The van der Waals surface area contributed by atoms with Crippen LogP contribution in [-0.2, 0) is 4.79 Å². The second-order valence-corrected chi connectivity index (χ2v) is 6.17. The molecule has 2 amide bonds. The molecule has 2 rings (SSSR count). The molecule has 2 fully saturated rings. The van der Waals surface area contributed by atoms with Gasteiger partial charge in [-0.3, -0.25) is 4.79 Å². The number of carbonyl (C=O) groups excluding carboxylic acids is 1. The van der Waals surface area contributed by atoms with Crippen LogP contribution in [0.5, 0.6) is 0 Å². The molecule has 0 radical (unpaired) electrons. The average molecular weight is 269 g/mol. The molecule has 0 saturated carbocycles. The molecule has 108 valence electrons. The fraction of sp³-hybridized carbons (Fsp3) is 0.846. The summed E-state index contributed by atoms with van der Waals surface area (Å²) in [5.74, 6) is -0.810.